The lowest BCUT2D eigenvalue weighted by Crippen LogP contribution is -2.24. The van der Waals surface area contributed by atoms with Gasteiger partial charge in [0.15, 0.2) is 0 Å². The number of hydrogen-bond donors (Lipinski definition) is 1. The quantitative estimate of drug-likeness (QED) is 0.918. The molecule has 0 saturated heterocycles. The van der Waals surface area contributed by atoms with E-state index in [1.165, 1.54) is 6.07 Å². The average molecular weight is 293 g/mol. The maximum atomic E-state index is 14.1. The van der Waals surface area contributed by atoms with Crippen molar-refractivity contribution in [2.24, 2.45) is 5.73 Å². The second-order valence-corrected chi connectivity index (χ2v) is 5.23. The van der Waals surface area contributed by atoms with Gasteiger partial charge in [-0.05, 0) is 36.2 Å². The molecule has 0 fully saturated rings. The third-order valence-corrected chi connectivity index (χ3v) is 3.79. The Hall–Kier alpha value is -1.58. The van der Waals surface area contributed by atoms with Gasteiger partial charge in [0.05, 0.1) is 11.7 Å². The van der Waals surface area contributed by atoms with E-state index in [1.54, 1.807) is 6.07 Å². The summed E-state index contributed by atoms with van der Waals surface area (Å²) in [6.07, 6.45) is 0. The van der Waals surface area contributed by atoms with Crippen molar-refractivity contribution in [3.63, 3.8) is 0 Å². The van der Waals surface area contributed by atoms with Crippen LogP contribution in [0.25, 0.3) is 0 Å². The van der Waals surface area contributed by atoms with Gasteiger partial charge in [0.2, 0.25) is 0 Å². The summed E-state index contributed by atoms with van der Waals surface area (Å²) in [6.45, 7) is 2.32. The van der Waals surface area contributed by atoms with Crippen LogP contribution in [0.5, 0.6) is 0 Å². The van der Waals surface area contributed by atoms with Crippen LogP contribution in [0.4, 0.5) is 10.1 Å². The second kappa shape index (κ2) is 6.25. The minimum atomic E-state index is -0.260. The molecule has 4 heteroatoms. The van der Waals surface area contributed by atoms with Crippen molar-refractivity contribution in [1.29, 1.82) is 0 Å². The molecule has 0 heterocycles. The molecule has 20 heavy (non-hydrogen) atoms. The van der Waals surface area contributed by atoms with Crippen molar-refractivity contribution >= 4 is 17.3 Å². The van der Waals surface area contributed by atoms with E-state index in [0.29, 0.717) is 17.3 Å². The maximum absolute atomic E-state index is 14.1. The summed E-state index contributed by atoms with van der Waals surface area (Å²) in [4.78, 5) is 1.89. The Labute approximate surface area is 124 Å². The topological polar surface area (TPSA) is 29.3 Å². The van der Waals surface area contributed by atoms with Crippen molar-refractivity contribution in [3.8, 4) is 0 Å². The van der Waals surface area contributed by atoms with Crippen LogP contribution in [0.15, 0.2) is 42.5 Å². The molecule has 0 amide bonds. The highest BCUT2D eigenvalue weighted by Crippen LogP contribution is 2.31. The van der Waals surface area contributed by atoms with E-state index in [-0.39, 0.29) is 11.9 Å². The number of nitrogens with zero attached hydrogens (tertiary/aromatic N) is 1. The fourth-order valence-electron chi connectivity index (χ4n) is 2.30. The zero-order valence-corrected chi connectivity index (χ0v) is 12.4. The molecule has 0 aliphatic carbocycles. The molecular formula is C16H18ClFN2. The number of para-hydroxylation sites is 1. The Kier molecular flexibility index (Phi) is 4.63. The van der Waals surface area contributed by atoms with Gasteiger partial charge in [-0.1, -0.05) is 35.9 Å². The summed E-state index contributed by atoms with van der Waals surface area (Å²) in [5.41, 5.74) is 8.08. The number of benzene rings is 2. The fraction of sp³-hybridized carbons (Fsp3) is 0.250. The highest BCUT2D eigenvalue weighted by atomic mass is 35.5. The van der Waals surface area contributed by atoms with E-state index >= 15 is 0 Å². The van der Waals surface area contributed by atoms with Crippen LogP contribution in [-0.2, 0) is 6.54 Å². The predicted molar refractivity (Wildman–Crippen MR) is 82.6 cm³/mol. The highest BCUT2D eigenvalue weighted by Gasteiger charge is 2.18. The van der Waals surface area contributed by atoms with E-state index in [1.807, 2.05) is 49.2 Å². The Morgan fingerprint density at radius 1 is 1.25 bits per heavy atom. The molecule has 1 atom stereocenters. The Morgan fingerprint density at radius 3 is 2.60 bits per heavy atom. The van der Waals surface area contributed by atoms with E-state index in [4.69, 9.17) is 17.3 Å². The van der Waals surface area contributed by atoms with Crippen molar-refractivity contribution in [2.45, 2.75) is 19.5 Å². The summed E-state index contributed by atoms with van der Waals surface area (Å²) in [5.74, 6) is -0.260. The molecule has 2 aromatic rings. The number of anilines is 1. The Morgan fingerprint density at radius 2 is 1.95 bits per heavy atom. The van der Waals surface area contributed by atoms with Crippen LogP contribution >= 0.6 is 11.6 Å². The van der Waals surface area contributed by atoms with E-state index in [9.17, 15) is 4.39 Å². The normalized spacial score (nSPS) is 12.2. The lowest BCUT2D eigenvalue weighted by molar-refractivity contribution is 0.608. The zero-order valence-electron chi connectivity index (χ0n) is 11.6. The number of hydrogen-bond acceptors (Lipinski definition) is 2. The molecule has 0 aliphatic rings. The third kappa shape index (κ3) is 2.94. The number of halogens is 2. The van der Waals surface area contributed by atoms with Gasteiger partial charge in [-0.15, -0.1) is 0 Å². The highest BCUT2D eigenvalue weighted by molar-refractivity contribution is 6.30. The van der Waals surface area contributed by atoms with Crippen LogP contribution in [0.1, 0.15) is 24.1 Å². The summed E-state index contributed by atoms with van der Waals surface area (Å²) < 4.78 is 14.1. The minimum absolute atomic E-state index is 0.00380. The van der Waals surface area contributed by atoms with Crippen LogP contribution in [-0.4, -0.2) is 7.05 Å². The molecule has 2 aromatic carbocycles. The molecule has 2 rings (SSSR count). The third-order valence-electron chi connectivity index (χ3n) is 3.55. The van der Waals surface area contributed by atoms with Crippen LogP contribution in [0.3, 0.4) is 0 Å². The van der Waals surface area contributed by atoms with Crippen molar-refractivity contribution in [3.05, 3.63) is 64.4 Å². The van der Waals surface area contributed by atoms with Gasteiger partial charge in [0, 0.05) is 18.6 Å². The second-order valence-electron chi connectivity index (χ2n) is 4.79. The molecule has 0 spiro atoms. The lowest BCUT2D eigenvalue weighted by Gasteiger charge is -2.29. The first-order valence-corrected chi connectivity index (χ1v) is 6.88. The van der Waals surface area contributed by atoms with Gasteiger partial charge in [0.1, 0.15) is 5.82 Å². The standard InChI is InChI=1S/C16H18ClFN2/c1-11(12-5-3-7-14(17)9-12)20(2)16-13(10-19)6-4-8-15(16)18/h3-9,11H,10,19H2,1-2H3. The SMILES string of the molecule is CC(c1cccc(Cl)c1)N(C)c1c(F)cccc1CN. The fourth-order valence-corrected chi connectivity index (χ4v) is 2.50. The molecule has 2 nitrogen and oxygen atoms in total. The molecule has 0 saturated carbocycles. The largest absolute Gasteiger partial charge is 0.365 e. The predicted octanol–water partition coefficient (Wildman–Crippen LogP) is 4.14. The summed E-state index contributed by atoms with van der Waals surface area (Å²) in [7, 11) is 1.86. The van der Waals surface area contributed by atoms with Crippen molar-refractivity contribution < 1.29 is 4.39 Å². The summed E-state index contributed by atoms with van der Waals surface area (Å²) in [5, 5.41) is 0.676. The molecule has 2 N–H and O–H groups in total. The zero-order chi connectivity index (χ0) is 14.7. The van der Waals surface area contributed by atoms with Gasteiger partial charge < -0.3 is 10.6 Å². The Balaban J connectivity index is 2.38. The van der Waals surface area contributed by atoms with Gasteiger partial charge in [-0.25, -0.2) is 4.39 Å². The van der Waals surface area contributed by atoms with E-state index < -0.39 is 0 Å². The monoisotopic (exact) mass is 292 g/mol. The van der Waals surface area contributed by atoms with Crippen LogP contribution in [0.2, 0.25) is 5.02 Å². The first kappa shape index (κ1) is 14.8. The molecule has 1 unspecified atom stereocenters. The van der Waals surface area contributed by atoms with Crippen LogP contribution < -0.4 is 10.6 Å². The summed E-state index contributed by atoms with van der Waals surface area (Å²) in [6, 6.07) is 12.6. The lowest BCUT2D eigenvalue weighted by atomic mass is 10.0. The van der Waals surface area contributed by atoms with Gasteiger partial charge in [-0.2, -0.15) is 0 Å². The van der Waals surface area contributed by atoms with E-state index in [2.05, 4.69) is 0 Å². The first-order valence-electron chi connectivity index (χ1n) is 6.50. The Bertz CT molecular complexity index is 601. The van der Waals surface area contributed by atoms with Gasteiger partial charge >= 0.3 is 0 Å². The first-order chi connectivity index (χ1) is 9.54. The molecule has 0 aromatic heterocycles. The molecule has 0 bridgehead atoms. The van der Waals surface area contributed by atoms with Crippen molar-refractivity contribution in [1.82, 2.24) is 0 Å². The van der Waals surface area contributed by atoms with Gasteiger partial charge in [0.25, 0.3) is 0 Å². The summed E-state index contributed by atoms with van der Waals surface area (Å²) >= 11 is 6.02. The van der Waals surface area contributed by atoms with E-state index in [0.717, 1.165) is 11.1 Å². The minimum Gasteiger partial charge on any atom is -0.365 e. The number of rotatable bonds is 4. The smallest absolute Gasteiger partial charge is 0.146 e. The maximum Gasteiger partial charge on any atom is 0.146 e. The number of nitrogens with two attached hydrogens (primary N) is 1. The van der Waals surface area contributed by atoms with Gasteiger partial charge in [-0.3, -0.25) is 0 Å². The molecular weight excluding hydrogens is 275 g/mol. The molecule has 0 aliphatic heterocycles. The molecule has 0 radical (unpaired) electrons. The van der Waals surface area contributed by atoms with Crippen molar-refractivity contribution in [2.75, 3.05) is 11.9 Å². The average Bonchev–Trinajstić information content (AvgIpc) is 2.45. The van der Waals surface area contributed by atoms with Crippen LogP contribution in [0, 0.1) is 5.82 Å². The molecule has 106 valence electrons.